The number of amides is 1. The molecule has 1 unspecified atom stereocenters. The molecule has 0 radical (unpaired) electrons. The molecule has 1 heterocycles. The van der Waals surface area contributed by atoms with E-state index in [1.807, 2.05) is 13.0 Å². The molecule has 74 valence electrons. The number of carbonyl (C=O) groups is 1. The molecule has 0 aromatic heterocycles. The van der Waals surface area contributed by atoms with Crippen molar-refractivity contribution < 1.29 is 9.53 Å². The van der Waals surface area contributed by atoms with E-state index in [2.05, 4.69) is 0 Å². The summed E-state index contributed by atoms with van der Waals surface area (Å²) < 4.78 is 5.61. The van der Waals surface area contributed by atoms with Crippen molar-refractivity contribution in [1.82, 2.24) is 0 Å². The third-order valence-electron chi connectivity index (χ3n) is 2.53. The molecule has 2 rings (SSSR count). The normalized spacial score (nSPS) is 19.6. The maximum atomic E-state index is 11.1. The Kier molecular flexibility index (Phi) is 2.15. The molecule has 1 aromatic carbocycles. The van der Waals surface area contributed by atoms with Crippen LogP contribution in [0.5, 0.6) is 5.75 Å². The molecule has 3 heteroatoms. The van der Waals surface area contributed by atoms with Gasteiger partial charge in [0.2, 0.25) is 5.91 Å². The maximum absolute atomic E-state index is 11.1. The molecule has 0 aliphatic carbocycles. The lowest BCUT2D eigenvalue weighted by molar-refractivity contribution is 0.0996. The first-order chi connectivity index (χ1) is 6.68. The minimum atomic E-state index is -0.375. The third-order valence-corrected chi connectivity index (χ3v) is 2.53. The second kappa shape index (κ2) is 3.33. The maximum Gasteiger partial charge on any atom is 0.249 e. The monoisotopic (exact) mass is 191 g/mol. The highest BCUT2D eigenvalue weighted by atomic mass is 16.5. The SMILES string of the molecule is CC1CCc2c(cccc2C(N)=O)O1. The molecule has 0 fully saturated rings. The Labute approximate surface area is 82.9 Å². The molecule has 1 aromatic rings. The van der Waals surface area contributed by atoms with Gasteiger partial charge >= 0.3 is 0 Å². The van der Waals surface area contributed by atoms with E-state index < -0.39 is 0 Å². The standard InChI is InChI=1S/C11H13NO2/c1-7-5-6-8-9(11(12)13)3-2-4-10(8)14-7/h2-4,7H,5-6H2,1H3,(H2,12,13). The van der Waals surface area contributed by atoms with Crippen LogP contribution < -0.4 is 10.5 Å². The van der Waals surface area contributed by atoms with Crippen molar-refractivity contribution in [2.24, 2.45) is 5.73 Å². The molecule has 0 spiro atoms. The Hall–Kier alpha value is -1.51. The first kappa shape index (κ1) is 9.06. The number of ether oxygens (including phenoxy) is 1. The number of carbonyl (C=O) groups excluding carboxylic acids is 1. The van der Waals surface area contributed by atoms with E-state index in [0.29, 0.717) is 5.56 Å². The van der Waals surface area contributed by atoms with Crippen molar-refractivity contribution in [3.63, 3.8) is 0 Å². The number of benzene rings is 1. The van der Waals surface area contributed by atoms with Gasteiger partial charge in [-0.1, -0.05) is 6.07 Å². The lowest BCUT2D eigenvalue weighted by Crippen LogP contribution is -2.22. The molecular formula is C11H13NO2. The highest BCUT2D eigenvalue weighted by Gasteiger charge is 2.20. The van der Waals surface area contributed by atoms with Crippen LogP contribution in [0.25, 0.3) is 0 Å². The first-order valence-electron chi connectivity index (χ1n) is 4.77. The van der Waals surface area contributed by atoms with Crippen LogP contribution >= 0.6 is 0 Å². The van der Waals surface area contributed by atoms with Crippen LogP contribution in [0, 0.1) is 0 Å². The van der Waals surface area contributed by atoms with Crippen LogP contribution in [0.15, 0.2) is 18.2 Å². The highest BCUT2D eigenvalue weighted by molar-refractivity contribution is 5.95. The largest absolute Gasteiger partial charge is 0.490 e. The summed E-state index contributed by atoms with van der Waals surface area (Å²) in [4.78, 5) is 11.1. The predicted octanol–water partition coefficient (Wildman–Crippen LogP) is 1.50. The second-order valence-electron chi connectivity index (χ2n) is 3.61. The fourth-order valence-corrected chi connectivity index (χ4v) is 1.79. The smallest absolute Gasteiger partial charge is 0.249 e. The van der Waals surface area contributed by atoms with Gasteiger partial charge in [-0.15, -0.1) is 0 Å². The van der Waals surface area contributed by atoms with Crippen LogP contribution in [0.1, 0.15) is 29.3 Å². The average molecular weight is 191 g/mol. The van der Waals surface area contributed by atoms with Crippen molar-refractivity contribution in [3.05, 3.63) is 29.3 Å². The summed E-state index contributed by atoms with van der Waals surface area (Å²) in [5.41, 5.74) is 6.83. The summed E-state index contributed by atoms with van der Waals surface area (Å²) in [6.07, 6.45) is 2.04. The van der Waals surface area contributed by atoms with Gasteiger partial charge in [-0.25, -0.2) is 0 Å². The minimum Gasteiger partial charge on any atom is -0.490 e. The fourth-order valence-electron chi connectivity index (χ4n) is 1.79. The summed E-state index contributed by atoms with van der Waals surface area (Å²) in [6, 6.07) is 5.44. The van der Waals surface area contributed by atoms with Gasteiger partial charge in [0.1, 0.15) is 5.75 Å². The molecule has 1 amide bonds. The number of hydrogen-bond donors (Lipinski definition) is 1. The molecule has 0 bridgehead atoms. The highest BCUT2D eigenvalue weighted by Crippen LogP contribution is 2.29. The number of primary amides is 1. The van der Waals surface area contributed by atoms with Gasteiger partial charge < -0.3 is 10.5 Å². The van der Waals surface area contributed by atoms with E-state index >= 15 is 0 Å². The van der Waals surface area contributed by atoms with Crippen molar-refractivity contribution in [1.29, 1.82) is 0 Å². The Morgan fingerprint density at radius 2 is 2.36 bits per heavy atom. The lowest BCUT2D eigenvalue weighted by atomic mass is 9.97. The van der Waals surface area contributed by atoms with Gasteiger partial charge in [-0.2, -0.15) is 0 Å². The van der Waals surface area contributed by atoms with Crippen LogP contribution in [0.3, 0.4) is 0 Å². The predicted molar refractivity (Wildman–Crippen MR) is 53.4 cm³/mol. The Morgan fingerprint density at radius 3 is 3.07 bits per heavy atom. The van der Waals surface area contributed by atoms with Gasteiger partial charge in [-0.3, -0.25) is 4.79 Å². The molecular weight excluding hydrogens is 178 g/mol. The molecule has 0 saturated heterocycles. The summed E-state index contributed by atoms with van der Waals surface area (Å²) in [5.74, 6) is 0.431. The van der Waals surface area contributed by atoms with E-state index in [4.69, 9.17) is 10.5 Å². The number of nitrogens with two attached hydrogens (primary N) is 1. The van der Waals surface area contributed by atoms with Crippen LogP contribution in [-0.4, -0.2) is 12.0 Å². The van der Waals surface area contributed by atoms with Crippen LogP contribution in [-0.2, 0) is 6.42 Å². The molecule has 2 N–H and O–H groups in total. The van der Waals surface area contributed by atoms with Crippen molar-refractivity contribution in [3.8, 4) is 5.75 Å². The van der Waals surface area contributed by atoms with Crippen molar-refractivity contribution >= 4 is 5.91 Å². The zero-order valence-electron chi connectivity index (χ0n) is 8.12. The van der Waals surface area contributed by atoms with Gasteiger partial charge in [0, 0.05) is 11.1 Å². The minimum absolute atomic E-state index is 0.227. The van der Waals surface area contributed by atoms with Gasteiger partial charge in [0.15, 0.2) is 0 Å². The summed E-state index contributed by atoms with van der Waals surface area (Å²) in [7, 11) is 0. The van der Waals surface area contributed by atoms with Gasteiger partial charge in [0.05, 0.1) is 6.10 Å². The summed E-state index contributed by atoms with van der Waals surface area (Å²) in [5, 5.41) is 0. The second-order valence-corrected chi connectivity index (χ2v) is 3.61. The van der Waals surface area contributed by atoms with E-state index in [-0.39, 0.29) is 12.0 Å². The van der Waals surface area contributed by atoms with Crippen LogP contribution in [0.4, 0.5) is 0 Å². The average Bonchev–Trinajstić information content (AvgIpc) is 2.16. The Balaban J connectivity index is 2.46. The first-order valence-corrected chi connectivity index (χ1v) is 4.77. The molecule has 0 saturated carbocycles. The Morgan fingerprint density at radius 1 is 1.57 bits per heavy atom. The Bertz CT molecular complexity index is 374. The van der Waals surface area contributed by atoms with Crippen molar-refractivity contribution in [2.45, 2.75) is 25.9 Å². The van der Waals surface area contributed by atoms with E-state index in [9.17, 15) is 4.79 Å². The van der Waals surface area contributed by atoms with Gasteiger partial charge in [0.25, 0.3) is 0 Å². The van der Waals surface area contributed by atoms with Crippen molar-refractivity contribution in [2.75, 3.05) is 0 Å². The molecule has 1 atom stereocenters. The number of hydrogen-bond acceptors (Lipinski definition) is 2. The van der Waals surface area contributed by atoms with E-state index in [1.165, 1.54) is 0 Å². The van der Waals surface area contributed by atoms with E-state index in [0.717, 1.165) is 24.2 Å². The molecule has 1 aliphatic rings. The van der Waals surface area contributed by atoms with Gasteiger partial charge in [-0.05, 0) is 31.9 Å². The molecule has 14 heavy (non-hydrogen) atoms. The number of rotatable bonds is 1. The molecule has 1 aliphatic heterocycles. The summed E-state index contributed by atoms with van der Waals surface area (Å²) in [6.45, 7) is 2.03. The topological polar surface area (TPSA) is 52.3 Å². The third kappa shape index (κ3) is 1.45. The van der Waals surface area contributed by atoms with E-state index in [1.54, 1.807) is 12.1 Å². The quantitative estimate of drug-likeness (QED) is 0.731. The number of fused-ring (bicyclic) bond motifs is 1. The fraction of sp³-hybridized carbons (Fsp3) is 0.364. The zero-order valence-corrected chi connectivity index (χ0v) is 8.12. The lowest BCUT2D eigenvalue weighted by Gasteiger charge is -2.24. The molecule has 3 nitrogen and oxygen atoms in total. The zero-order chi connectivity index (χ0) is 10.1. The summed E-state index contributed by atoms with van der Waals surface area (Å²) >= 11 is 0. The van der Waals surface area contributed by atoms with Crippen LogP contribution in [0.2, 0.25) is 0 Å².